The molecule has 0 radical (unpaired) electrons. The molecule has 0 saturated heterocycles. The Labute approximate surface area is 74.5 Å². The Bertz CT molecular complexity index is 197. The van der Waals surface area contributed by atoms with E-state index in [2.05, 4.69) is 19.1 Å². The van der Waals surface area contributed by atoms with E-state index >= 15 is 0 Å². The van der Waals surface area contributed by atoms with Crippen LogP contribution in [-0.2, 0) is 0 Å². The molecule has 1 saturated carbocycles. The number of hydrogen-bond acceptors (Lipinski definition) is 1. The Morgan fingerprint density at radius 1 is 1.33 bits per heavy atom. The maximum absolute atomic E-state index is 9.93. The lowest BCUT2D eigenvalue weighted by atomic mass is 9.61. The van der Waals surface area contributed by atoms with Crippen molar-refractivity contribution in [3.8, 4) is 0 Å². The van der Waals surface area contributed by atoms with Gasteiger partial charge in [0.1, 0.15) is 0 Å². The Balaban J connectivity index is 2.21. The van der Waals surface area contributed by atoms with Gasteiger partial charge in [0.05, 0.1) is 6.10 Å². The largest absolute Gasteiger partial charge is 0.393 e. The molecule has 0 aliphatic heterocycles. The summed E-state index contributed by atoms with van der Waals surface area (Å²) in [5.74, 6) is 0.742. The molecule has 0 amide bonds. The predicted octanol–water partition coefficient (Wildman–Crippen LogP) is 2.50. The first-order chi connectivity index (χ1) is 5.73. The molecule has 2 aliphatic carbocycles. The lowest BCUT2D eigenvalue weighted by Crippen LogP contribution is -2.43. The number of fused-ring (bicyclic) bond motifs is 1. The molecule has 1 N–H and O–H groups in total. The normalized spacial score (nSPS) is 47.2. The third-order valence-electron chi connectivity index (χ3n) is 3.87. The Morgan fingerprint density at radius 2 is 2.17 bits per heavy atom. The van der Waals surface area contributed by atoms with Crippen molar-refractivity contribution in [2.75, 3.05) is 0 Å². The van der Waals surface area contributed by atoms with E-state index in [-0.39, 0.29) is 11.5 Å². The van der Waals surface area contributed by atoms with Crippen molar-refractivity contribution >= 4 is 0 Å². The lowest BCUT2D eigenvalue weighted by molar-refractivity contribution is -0.0429. The third kappa shape index (κ3) is 1.11. The minimum Gasteiger partial charge on any atom is -0.393 e. The molecule has 2 rings (SSSR count). The van der Waals surface area contributed by atoms with E-state index in [1.807, 2.05) is 0 Å². The zero-order valence-electron chi connectivity index (χ0n) is 7.79. The van der Waals surface area contributed by atoms with Crippen molar-refractivity contribution in [3.63, 3.8) is 0 Å². The van der Waals surface area contributed by atoms with Crippen molar-refractivity contribution in [2.24, 2.45) is 11.3 Å². The van der Waals surface area contributed by atoms with Gasteiger partial charge in [0.15, 0.2) is 0 Å². The van der Waals surface area contributed by atoms with Crippen LogP contribution in [0.4, 0.5) is 0 Å². The third-order valence-corrected chi connectivity index (χ3v) is 3.87. The van der Waals surface area contributed by atoms with Crippen LogP contribution in [0.5, 0.6) is 0 Å². The summed E-state index contributed by atoms with van der Waals surface area (Å²) >= 11 is 0. The molecule has 0 spiro atoms. The number of aliphatic hydroxyl groups excluding tert-OH is 1. The van der Waals surface area contributed by atoms with Gasteiger partial charge < -0.3 is 5.11 Å². The molecule has 1 nitrogen and oxygen atoms in total. The molecule has 1 heteroatoms. The van der Waals surface area contributed by atoms with Gasteiger partial charge in [-0.2, -0.15) is 0 Å². The van der Waals surface area contributed by atoms with Gasteiger partial charge in [-0.15, -0.1) is 0 Å². The van der Waals surface area contributed by atoms with Crippen LogP contribution in [0.15, 0.2) is 12.2 Å². The number of aliphatic hydroxyl groups is 1. The summed E-state index contributed by atoms with van der Waals surface area (Å²) in [5.41, 5.74) is 0.201. The van der Waals surface area contributed by atoms with Gasteiger partial charge in [0, 0.05) is 5.41 Å². The minimum atomic E-state index is -0.0544. The van der Waals surface area contributed by atoms with E-state index in [1.54, 1.807) is 0 Å². The van der Waals surface area contributed by atoms with Gasteiger partial charge in [-0.05, 0) is 31.6 Å². The highest BCUT2D eigenvalue weighted by Crippen LogP contribution is 2.47. The topological polar surface area (TPSA) is 20.2 Å². The van der Waals surface area contributed by atoms with E-state index in [0.717, 1.165) is 18.8 Å². The summed E-state index contributed by atoms with van der Waals surface area (Å²) < 4.78 is 0. The molecule has 0 bridgehead atoms. The van der Waals surface area contributed by atoms with Crippen LogP contribution in [0.2, 0.25) is 0 Å². The zero-order chi connectivity index (χ0) is 8.60. The van der Waals surface area contributed by atoms with E-state index in [1.165, 1.54) is 19.3 Å². The van der Waals surface area contributed by atoms with Gasteiger partial charge in [-0.3, -0.25) is 0 Å². The predicted molar refractivity (Wildman–Crippen MR) is 49.8 cm³/mol. The Morgan fingerprint density at radius 3 is 2.92 bits per heavy atom. The van der Waals surface area contributed by atoms with E-state index in [9.17, 15) is 5.11 Å². The zero-order valence-corrected chi connectivity index (χ0v) is 7.79. The highest BCUT2D eigenvalue weighted by molar-refractivity contribution is 5.04. The lowest BCUT2D eigenvalue weighted by Gasteiger charge is -2.46. The second-order valence-electron chi connectivity index (χ2n) is 4.56. The molecule has 0 aromatic rings. The summed E-state index contributed by atoms with van der Waals surface area (Å²) in [7, 11) is 0. The molecular weight excluding hydrogens is 148 g/mol. The van der Waals surface area contributed by atoms with Gasteiger partial charge in [-0.25, -0.2) is 0 Å². The maximum Gasteiger partial charge on any atom is 0.0599 e. The quantitative estimate of drug-likeness (QED) is 0.548. The van der Waals surface area contributed by atoms with Crippen molar-refractivity contribution in [3.05, 3.63) is 12.2 Å². The monoisotopic (exact) mass is 166 g/mol. The molecule has 1 fully saturated rings. The van der Waals surface area contributed by atoms with Crippen molar-refractivity contribution in [2.45, 2.75) is 45.1 Å². The SMILES string of the molecule is C[C@@]12CC=CC[C@@H]1CCC[C@@H]2O. The molecule has 0 aromatic carbocycles. The van der Waals surface area contributed by atoms with E-state index in [4.69, 9.17) is 0 Å². The molecule has 68 valence electrons. The summed E-state index contributed by atoms with van der Waals surface area (Å²) in [6.45, 7) is 2.25. The highest BCUT2D eigenvalue weighted by atomic mass is 16.3. The van der Waals surface area contributed by atoms with Gasteiger partial charge in [0.2, 0.25) is 0 Å². The first-order valence-electron chi connectivity index (χ1n) is 5.06. The number of allylic oxidation sites excluding steroid dienone is 2. The summed E-state index contributed by atoms with van der Waals surface area (Å²) in [6, 6.07) is 0. The second kappa shape index (κ2) is 2.88. The number of hydrogen-bond donors (Lipinski definition) is 1. The maximum atomic E-state index is 9.93. The van der Waals surface area contributed by atoms with Gasteiger partial charge in [-0.1, -0.05) is 25.5 Å². The van der Waals surface area contributed by atoms with Crippen LogP contribution in [0.25, 0.3) is 0 Å². The van der Waals surface area contributed by atoms with Crippen LogP contribution in [0.1, 0.15) is 39.0 Å². The summed E-state index contributed by atoms with van der Waals surface area (Å²) in [4.78, 5) is 0. The van der Waals surface area contributed by atoms with Crippen molar-refractivity contribution in [1.29, 1.82) is 0 Å². The highest BCUT2D eigenvalue weighted by Gasteiger charge is 2.42. The molecule has 0 aromatic heterocycles. The van der Waals surface area contributed by atoms with Gasteiger partial charge in [0.25, 0.3) is 0 Å². The smallest absolute Gasteiger partial charge is 0.0599 e. The van der Waals surface area contributed by atoms with Crippen LogP contribution in [0, 0.1) is 11.3 Å². The Hall–Kier alpha value is -0.300. The molecule has 12 heavy (non-hydrogen) atoms. The molecule has 2 aliphatic rings. The molecule has 3 atom stereocenters. The second-order valence-corrected chi connectivity index (χ2v) is 4.56. The average molecular weight is 166 g/mol. The first kappa shape index (κ1) is 8.31. The van der Waals surface area contributed by atoms with Crippen LogP contribution < -0.4 is 0 Å². The van der Waals surface area contributed by atoms with Crippen molar-refractivity contribution in [1.82, 2.24) is 0 Å². The fraction of sp³-hybridized carbons (Fsp3) is 0.818. The number of rotatable bonds is 0. The van der Waals surface area contributed by atoms with Gasteiger partial charge >= 0.3 is 0 Å². The van der Waals surface area contributed by atoms with Crippen molar-refractivity contribution < 1.29 is 5.11 Å². The molecular formula is C11H18O. The first-order valence-corrected chi connectivity index (χ1v) is 5.06. The van der Waals surface area contributed by atoms with Crippen LogP contribution in [-0.4, -0.2) is 11.2 Å². The summed E-state index contributed by atoms with van der Waals surface area (Å²) in [5, 5.41) is 9.93. The van der Waals surface area contributed by atoms with E-state index in [0.29, 0.717) is 0 Å². The Kier molecular flexibility index (Phi) is 1.99. The standard InChI is InChI=1S/C11H18O/c1-11-8-3-2-5-9(11)6-4-7-10(11)12/h2-3,9-10,12H,4-8H2,1H3/t9-,10+,11-/m1/s1. The minimum absolute atomic E-state index is 0.0544. The molecule has 0 heterocycles. The fourth-order valence-electron chi connectivity index (χ4n) is 2.78. The summed E-state index contributed by atoms with van der Waals surface area (Å²) in [6.07, 6.45) is 10.3. The van der Waals surface area contributed by atoms with Crippen LogP contribution >= 0.6 is 0 Å². The van der Waals surface area contributed by atoms with E-state index < -0.39 is 0 Å². The average Bonchev–Trinajstić information content (AvgIpc) is 2.07. The van der Waals surface area contributed by atoms with Crippen LogP contribution in [0.3, 0.4) is 0 Å². The molecule has 0 unspecified atom stereocenters. The fourth-order valence-corrected chi connectivity index (χ4v) is 2.78.